The van der Waals surface area contributed by atoms with Crippen molar-refractivity contribution in [2.45, 2.75) is 17.7 Å². The van der Waals surface area contributed by atoms with E-state index in [1.807, 2.05) is 34.0 Å². The fourth-order valence-electron chi connectivity index (χ4n) is 2.82. The number of carbonyl (C=O) groups is 1. The summed E-state index contributed by atoms with van der Waals surface area (Å²) in [4.78, 5) is 15.8. The van der Waals surface area contributed by atoms with Crippen LogP contribution in [0.4, 0.5) is 10.1 Å². The first-order valence-corrected chi connectivity index (χ1v) is 9.81. The van der Waals surface area contributed by atoms with Crippen molar-refractivity contribution in [3.05, 3.63) is 58.9 Å². The van der Waals surface area contributed by atoms with Crippen LogP contribution in [-0.2, 0) is 21.2 Å². The molecule has 6 nitrogen and oxygen atoms in total. The molecule has 0 aromatic heterocycles. The Morgan fingerprint density at radius 2 is 2.00 bits per heavy atom. The lowest BCUT2D eigenvalue weighted by Crippen LogP contribution is -2.47. The quantitative estimate of drug-likeness (QED) is 0.758. The molecular weight excluding hydrogens is 381 g/mol. The van der Waals surface area contributed by atoms with Crippen LogP contribution in [0, 0.1) is 5.82 Å². The van der Waals surface area contributed by atoms with E-state index in [1.165, 1.54) is 0 Å². The number of rotatable bonds is 5. The minimum absolute atomic E-state index is 0.0176. The molecule has 2 N–H and O–H groups in total. The summed E-state index contributed by atoms with van der Waals surface area (Å²) in [6.45, 7) is 0.731. The van der Waals surface area contributed by atoms with Gasteiger partial charge < -0.3 is 4.90 Å². The molecule has 1 amide bonds. The number of halogens is 2. The number of benzene rings is 2. The van der Waals surface area contributed by atoms with E-state index in [4.69, 9.17) is 11.6 Å². The van der Waals surface area contributed by atoms with Crippen molar-refractivity contribution in [3.63, 3.8) is 0 Å². The first-order chi connectivity index (χ1) is 12.4. The Hall–Kier alpha value is -2.16. The SMILES string of the molecule is O=C(CN1CCCc2ccccc21)NNS(=O)(=O)c1ccc(F)c(Cl)c1. The highest BCUT2D eigenvalue weighted by Crippen LogP contribution is 2.26. The maximum Gasteiger partial charge on any atom is 0.257 e. The van der Waals surface area contributed by atoms with Crippen LogP contribution < -0.4 is 15.2 Å². The smallest absolute Gasteiger partial charge is 0.257 e. The molecule has 0 atom stereocenters. The molecule has 1 heterocycles. The van der Waals surface area contributed by atoms with Crippen LogP contribution in [0.1, 0.15) is 12.0 Å². The summed E-state index contributed by atoms with van der Waals surface area (Å²) in [7, 11) is -4.05. The number of nitrogens with zero attached hydrogens (tertiary/aromatic N) is 1. The summed E-state index contributed by atoms with van der Waals surface area (Å²) >= 11 is 5.60. The predicted octanol–water partition coefficient (Wildman–Crippen LogP) is 2.24. The first-order valence-electron chi connectivity index (χ1n) is 7.95. The molecule has 0 fully saturated rings. The fourth-order valence-corrected chi connectivity index (χ4v) is 3.95. The van der Waals surface area contributed by atoms with E-state index >= 15 is 0 Å². The molecule has 1 aliphatic heterocycles. The van der Waals surface area contributed by atoms with Gasteiger partial charge in [-0.05, 0) is 42.7 Å². The Morgan fingerprint density at radius 1 is 1.23 bits per heavy atom. The highest BCUT2D eigenvalue weighted by atomic mass is 35.5. The Bertz CT molecular complexity index is 937. The summed E-state index contributed by atoms with van der Waals surface area (Å²) in [5.41, 5.74) is 4.31. The van der Waals surface area contributed by atoms with Crippen molar-refractivity contribution in [2.75, 3.05) is 18.0 Å². The third-order valence-electron chi connectivity index (χ3n) is 4.07. The Labute approximate surface area is 156 Å². The molecule has 26 heavy (non-hydrogen) atoms. The monoisotopic (exact) mass is 397 g/mol. The summed E-state index contributed by atoms with van der Waals surface area (Å²) < 4.78 is 37.5. The number of para-hydroxylation sites is 1. The molecule has 0 bridgehead atoms. The third kappa shape index (κ3) is 4.14. The van der Waals surface area contributed by atoms with Crippen molar-refractivity contribution < 1.29 is 17.6 Å². The number of sulfonamides is 1. The van der Waals surface area contributed by atoms with Gasteiger partial charge in [-0.25, -0.2) is 12.8 Å². The van der Waals surface area contributed by atoms with Gasteiger partial charge in [0.25, 0.3) is 15.9 Å². The third-order valence-corrected chi connectivity index (χ3v) is 5.60. The second-order valence-electron chi connectivity index (χ2n) is 5.88. The van der Waals surface area contributed by atoms with Crippen molar-refractivity contribution in [3.8, 4) is 0 Å². The zero-order valence-corrected chi connectivity index (χ0v) is 15.3. The predicted molar refractivity (Wildman–Crippen MR) is 96.9 cm³/mol. The number of fused-ring (bicyclic) bond motifs is 1. The minimum Gasteiger partial charge on any atom is -0.362 e. The van der Waals surface area contributed by atoms with Gasteiger partial charge in [0.2, 0.25) is 0 Å². The van der Waals surface area contributed by atoms with E-state index in [0.717, 1.165) is 42.3 Å². The van der Waals surface area contributed by atoms with Crippen LogP contribution in [0.5, 0.6) is 0 Å². The number of hydrazine groups is 1. The lowest BCUT2D eigenvalue weighted by molar-refractivity contribution is -0.120. The Balaban J connectivity index is 1.63. The van der Waals surface area contributed by atoms with E-state index in [0.29, 0.717) is 6.54 Å². The van der Waals surface area contributed by atoms with Crippen molar-refractivity contribution in [2.24, 2.45) is 0 Å². The second kappa shape index (κ2) is 7.61. The average Bonchev–Trinajstić information content (AvgIpc) is 2.63. The topological polar surface area (TPSA) is 78.5 Å². The van der Waals surface area contributed by atoms with E-state index in [2.05, 4.69) is 5.43 Å². The molecule has 1 aliphatic rings. The number of amides is 1. The standard InChI is InChI=1S/C17H17ClFN3O3S/c18-14-10-13(7-8-15(14)19)26(24,25)21-20-17(23)11-22-9-3-5-12-4-1-2-6-16(12)22/h1-2,4,6-8,10,21H,3,5,9,11H2,(H,20,23). The average molecular weight is 398 g/mol. The summed E-state index contributed by atoms with van der Waals surface area (Å²) in [5, 5.41) is -0.316. The maximum atomic E-state index is 13.2. The molecule has 0 saturated carbocycles. The van der Waals surface area contributed by atoms with Crippen LogP contribution in [-0.4, -0.2) is 27.4 Å². The number of hydrogen-bond donors (Lipinski definition) is 2. The van der Waals surface area contributed by atoms with Gasteiger partial charge in [0.15, 0.2) is 0 Å². The number of aryl methyl sites for hydroxylation is 1. The van der Waals surface area contributed by atoms with Crippen LogP contribution in [0.15, 0.2) is 47.4 Å². The molecule has 0 aliphatic carbocycles. The number of hydrogen-bond acceptors (Lipinski definition) is 4. The minimum atomic E-state index is -4.05. The summed E-state index contributed by atoms with van der Waals surface area (Å²) in [6.07, 6.45) is 1.87. The van der Waals surface area contributed by atoms with E-state index in [1.54, 1.807) is 0 Å². The summed E-state index contributed by atoms with van der Waals surface area (Å²) in [6, 6.07) is 10.8. The molecule has 0 radical (unpaired) electrons. The lowest BCUT2D eigenvalue weighted by atomic mass is 10.0. The van der Waals surface area contributed by atoms with Gasteiger partial charge in [-0.1, -0.05) is 29.8 Å². The van der Waals surface area contributed by atoms with Gasteiger partial charge in [-0.3, -0.25) is 10.2 Å². The first kappa shape index (κ1) is 18.6. The molecule has 3 rings (SSSR count). The van der Waals surface area contributed by atoms with Gasteiger partial charge in [0.05, 0.1) is 16.5 Å². The largest absolute Gasteiger partial charge is 0.362 e. The number of anilines is 1. The van der Waals surface area contributed by atoms with Gasteiger partial charge in [-0.2, -0.15) is 0 Å². The van der Waals surface area contributed by atoms with E-state index in [9.17, 15) is 17.6 Å². The van der Waals surface area contributed by atoms with E-state index in [-0.39, 0.29) is 16.5 Å². The normalized spacial score (nSPS) is 14.0. The van der Waals surface area contributed by atoms with Crippen molar-refractivity contribution >= 4 is 33.2 Å². The van der Waals surface area contributed by atoms with Crippen LogP contribution in [0.2, 0.25) is 5.02 Å². The van der Waals surface area contributed by atoms with Gasteiger partial charge in [-0.15, -0.1) is 4.83 Å². The number of carbonyl (C=O) groups excluding carboxylic acids is 1. The second-order valence-corrected chi connectivity index (χ2v) is 7.97. The van der Waals surface area contributed by atoms with Crippen molar-refractivity contribution in [1.29, 1.82) is 0 Å². The molecule has 0 saturated heterocycles. The molecule has 2 aromatic rings. The zero-order valence-electron chi connectivity index (χ0n) is 13.7. The van der Waals surface area contributed by atoms with Gasteiger partial charge >= 0.3 is 0 Å². The Kier molecular flexibility index (Phi) is 5.45. The summed E-state index contributed by atoms with van der Waals surface area (Å²) in [5.74, 6) is -1.23. The fraction of sp³-hybridized carbons (Fsp3) is 0.235. The zero-order chi connectivity index (χ0) is 18.7. The lowest BCUT2D eigenvalue weighted by Gasteiger charge is -2.30. The van der Waals surface area contributed by atoms with Gasteiger partial charge in [0, 0.05) is 12.2 Å². The molecule has 138 valence electrons. The molecule has 2 aromatic carbocycles. The highest BCUT2D eigenvalue weighted by Gasteiger charge is 2.20. The maximum absolute atomic E-state index is 13.2. The molecule has 9 heteroatoms. The highest BCUT2D eigenvalue weighted by molar-refractivity contribution is 7.89. The molecule has 0 spiro atoms. The number of nitrogens with one attached hydrogen (secondary N) is 2. The molecular formula is C17H17ClFN3O3S. The van der Waals surface area contributed by atoms with Crippen molar-refractivity contribution in [1.82, 2.24) is 10.3 Å². The Morgan fingerprint density at radius 3 is 2.77 bits per heavy atom. The van der Waals surface area contributed by atoms with Crippen LogP contribution >= 0.6 is 11.6 Å². The van der Waals surface area contributed by atoms with Gasteiger partial charge in [0.1, 0.15) is 5.82 Å². The molecule has 0 unspecified atom stereocenters. The van der Waals surface area contributed by atoms with E-state index < -0.39 is 21.7 Å². The van der Waals surface area contributed by atoms with Crippen LogP contribution in [0.25, 0.3) is 0 Å². The van der Waals surface area contributed by atoms with Crippen LogP contribution in [0.3, 0.4) is 0 Å².